The molecule has 2 unspecified atom stereocenters. The van der Waals surface area contributed by atoms with Crippen molar-refractivity contribution in [2.75, 3.05) is 5.32 Å². The first kappa shape index (κ1) is 13.8. The number of rotatable bonds is 0. The van der Waals surface area contributed by atoms with E-state index in [4.69, 9.17) is 4.74 Å². The maximum absolute atomic E-state index is 6.28. The van der Waals surface area contributed by atoms with Gasteiger partial charge in [0.25, 0.3) is 0 Å². The highest BCUT2D eigenvalue weighted by Crippen LogP contribution is 2.38. The monoisotopic (exact) mass is 273 g/mol. The minimum atomic E-state index is 0.189. The molecule has 1 heterocycles. The predicted molar refractivity (Wildman–Crippen MR) is 84.7 cm³/mol. The highest BCUT2D eigenvalue weighted by Gasteiger charge is 2.30. The van der Waals surface area contributed by atoms with Crippen molar-refractivity contribution in [2.45, 2.75) is 76.9 Å². The van der Waals surface area contributed by atoms with Crippen LogP contribution in [0.4, 0.5) is 5.69 Å². The van der Waals surface area contributed by atoms with E-state index in [1.807, 2.05) is 0 Å². The summed E-state index contributed by atoms with van der Waals surface area (Å²) in [4.78, 5) is 0. The van der Waals surface area contributed by atoms with Crippen molar-refractivity contribution < 1.29 is 4.74 Å². The lowest BCUT2D eigenvalue weighted by Gasteiger charge is -2.37. The molecule has 1 saturated carbocycles. The second kappa shape index (κ2) is 5.31. The Hall–Kier alpha value is -1.18. The molecule has 1 N–H and O–H groups in total. The molecule has 2 aliphatic rings. The van der Waals surface area contributed by atoms with Gasteiger partial charge in [-0.3, -0.25) is 0 Å². The number of anilines is 1. The normalized spacial score (nSPS) is 26.4. The Morgan fingerprint density at radius 2 is 1.80 bits per heavy atom. The number of nitrogens with one attached hydrogen (secondary N) is 1. The van der Waals surface area contributed by atoms with Crippen LogP contribution >= 0.6 is 0 Å². The number of ether oxygens (including phenoxy) is 1. The highest BCUT2D eigenvalue weighted by atomic mass is 16.5. The van der Waals surface area contributed by atoms with Crippen molar-refractivity contribution in [2.24, 2.45) is 0 Å². The molecule has 1 aliphatic heterocycles. The molecule has 0 aromatic heterocycles. The van der Waals surface area contributed by atoms with Crippen molar-refractivity contribution in [1.82, 2.24) is 0 Å². The van der Waals surface area contributed by atoms with E-state index >= 15 is 0 Å². The van der Waals surface area contributed by atoms with Crippen molar-refractivity contribution in [3.05, 3.63) is 23.8 Å². The van der Waals surface area contributed by atoms with Crippen LogP contribution in [0.2, 0.25) is 0 Å². The van der Waals surface area contributed by atoms with Gasteiger partial charge >= 0.3 is 0 Å². The van der Waals surface area contributed by atoms with Gasteiger partial charge in [0.1, 0.15) is 11.9 Å². The van der Waals surface area contributed by atoms with Gasteiger partial charge in [-0.05, 0) is 42.4 Å². The average Bonchev–Trinajstić information content (AvgIpc) is 2.37. The lowest BCUT2D eigenvalue weighted by atomic mass is 9.86. The third kappa shape index (κ3) is 2.79. The fourth-order valence-corrected chi connectivity index (χ4v) is 3.33. The lowest BCUT2D eigenvalue weighted by Crippen LogP contribution is -2.42. The molecule has 110 valence electrons. The first-order valence-electron chi connectivity index (χ1n) is 8.12. The van der Waals surface area contributed by atoms with Crippen LogP contribution in [-0.4, -0.2) is 12.1 Å². The highest BCUT2D eigenvalue weighted by molar-refractivity contribution is 5.61. The lowest BCUT2D eigenvalue weighted by molar-refractivity contribution is 0.143. The summed E-state index contributed by atoms with van der Waals surface area (Å²) >= 11 is 0. The molecule has 0 radical (unpaired) electrons. The van der Waals surface area contributed by atoms with Crippen molar-refractivity contribution >= 4 is 5.69 Å². The van der Waals surface area contributed by atoms with Crippen LogP contribution in [0.25, 0.3) is 0 Å². The molecule has 2 nitrogen and oxygen atoms in total. The Labute approximate surface area is 122 Å². The number of benzene rings is 1. The fourth-order valence-electron chi connectivity index (χ4n) is 3.33. The summed E-state index contributed by atoms with van der Waals surface area (Å²) in [5.74, 6) is 1.04. The molecule has 1 fully saturated rings. The SMILES string of the molecule is CC(C)(C)c1ccc2c(c1)NC1CCCCCCC1O2. The molecule has 1 aromatic carbocycles. The van der Waals surface area contributed by atoms with E-state index in [9.17, 15) is 0 Å². The molecule has 20 heavy (non-hydrogen) atoms. The summed E-state index contributed by atoms with van der Waals surface area (Å²) in [6, 6.07) is 7.14. The molecular weight excluding hydrogens is 246 g/mol. The van der Waals surface area contributed by atoms with Gasteiger partial charge in [0.15, 0.2) is 0 Å². The van der Waals surface area contributed by atoms with Crippen molar-refractivity contribution in [1.29, 1.82) is 0 Å². The van der Waals surface area contributed by atoms with Gasteiger partial charge < -0.3 is 10.1 Å². The third-order valence-corrected chi connectivity index (χ3v) is 4.67. The van der Waals surface area contributed by atoms with Crippen LogP contribution in [0.1, 0.15) is 64.9 Å². The maximum atomic E-state index is 6.28. The van der Waals surface area contributed by atoms with Crippen LogP contribution in [0.5, 0.6) is 5.75 Å². The van der Waals surface area contributed by atoms with Crippen molar-refractivity contribution in [3.8, 4) is 5.75 Å². The third-order valence-electron chi connectivity index (χ3n) is 4.67. The molecule has 3 rings (SSSR count). The number of hydrogen-bond acceptors (Lipinski definition) is 2. The number of hydrogen-bond donors (Lipinski definition) is 1. The fraction of sp³-hybridized carbons (Fsp3) is 0.667. The zero-order valence-corrected chi connectivity index (χ0v) is 13.0. The minimum absolute atomic E-state index is 0.189. The molecule has 2 heteroatoms. The Morgan fingerprint density at radius 3 is 2.55 bits per heavy atom. The van der Waals surface area contributed by atoms with E-state index in [-0.39, 0.29) is 5.41 Å². The topological polar surface area (TPSA) is 21.3 Å². The van der Waals surface area contributed by atoms with E-state index in [0.29, 0.717) is 12.1 Å². The summed E-state index contributed by atoms with van der Waals surface area (Å²) in [5.41, 5.74) is 2.75. The first-order chi connectivity index (χ1) is 9.54. The average molecular weight is 273 g/mol. The molecule has 0 amide bonds. The van der Waals surface area contributed by atoms with E-state index in [2.05, 4.69) is 44.3 Å². The molecule has 0 saturated heterocycles. The Morgan fingerprint density at radius 1 is 1.05 bits per heavy atom. The van der Waals surface area contributed by atoms with Crippen LogP contribution in [0.3, 0.4) is 0 Å². The zero-order chi connectivity index (χ0) is 14.2. The first-order valence-corrected chi connectivity index (χ1v) is 8.12. The standard InChI is InChI=1S/C18H27NO/c1-18(2,3)13-10-11-17-15(12-13)19-14-8-6-4-5-7-9-16(14)20-17/h10-12,14,16,19H,4-9H2,1-3H3. The summed E-state index contributed by atoms with van der Waals surface area (Å²) in [5, 5.41) is 3.75. The van der Waals surface area contributed by atoms with Crippen LogP contribution in [0, 0.1) is 0 Å². The molecule has 1 aromatic rings. The van der Waals surface area contributed by atoms with E-state index in [0.717, 1.165) is 5.75 Å². The second-order valence-electron chi connectivity index (χ2n) is 7.36. The quantitative estimate of drug-likeness (QED) is 0.727. The van der Waals surface area contributed by atoms with Crippen LogP contribution in [0.15, 0.2) is 18.2 Å². The van der Waals surface area contributed by atoms with E-state index in [1.165, 1.54) is 49.8 Å². The Bertz CT molecular complexity index is 475. The van der Waals surface area contributed by atoms with Gasteiger partial charge in [0, 0.05) is 0 Å². The maximum Gasteiger partial charge on any atom is 0.142 e. The second-order valence-corrected chi connectivity index (χ2v) is 7.36. The smallest absolute Gasteiger partial charge is 0.142 e. The Balaban J connectivity index is 1.85. The largest absolute Gasteiger partial charge is 0.486 e. The van der Waals surface area contributed by atoms with Crippen LogP contribution < -0.4 is 10.1 Å². The molecule has 0 bridgehead atoms. The summed E-state index contributed by atoms with van der Waals surface area (Å²) < 4.78 is 6.28. The van der Waals surface area contributed by atoms with Gasteiger partial charge in [0.2, 0.25) is 0 Å². The zero-order valence-electron chi connectivity index (χ0n) is 13.0. The minimum Gasteiger partial charge on any atom is -0.486 e. The molecule has 0 spiro atoms. The van der Waals surface area contributed by atoms with Crippen molar-refractivity contribution in [3.63, 3.8) is 0 Å². The summed E-state index contributed by atoms with van der Waals surface area (Å²) in [7, 11) is 0. The molecule has 1 aliphatic carbocycles. The van der Waals surface area contributed by atoms with E-state index in [1.54, 1.807) is 0 Å². The predicted octanol–water partition coefficient (Wildman–Crippen LogP) is 4.88. The van der Waals surface area contributed by atoms with Gasteiger partial charge in [0.05, 0.1) is 11.7 Å². The van der Waals surface area contributed by atoms with Gasteiger partial charge in [-0.25, -0.2) is 0 Å². The van der Waals surface area contributed by atoms with Gasteiger partial charge in [-0.2, -0.15) is 0 Å². The van der Waals surface area contributed by atoms with Gasteiger partial charge in [-0.1, -0.05) is 46.1 Å². The van der Waals surface area contributed by atoms with Gasteiger partial charge in [-0.15, -0.1) is 0 Å². The van der Waals surface area contributed by atoms with E-state index < -0.39 is 0 Å². The summed E-state index contributed by atoms with van der Waals surface area (Å²) in [6.07, 6.45) is 8.16. The molecular formula is C18H27NO. The summed E-state index contributed by atoms with van der Waals surface area (Å²) in [6.45, 7) is 6.78. The molecule has 2 atom stereocenters. The Kier molecular flexibility index (Phi) is 3.66. The van der Waals surface area contributed by atoms with Crippen LogP contribution in [-0.2, 0) is 5.41 Å². The number of fused-ring (bicyclic) bond motifs is 2.